The van der Waals surface area contributed by atoms with Crippen molar-refractivity contribution in [2.45, 2.75) is 58.4 Å². The predicted octanol–water partition coefficient (Wildman–Crippen LogP) is 1.96. The van der Waals surface area contributed by atoms with Crippen LogP contribution < -0.4 is 10.2 Å². The van der Waals surface area contributed by atoms with Gasteiger partial charge >= 0.3 is 6.09 Å². The number of hydrogen-bond donors (Lipinski definition) is 1. The van der Waals surface area contributed by atoms with Gasteiger partial charge in [-0.25, -0.2) is 14.7 Å². The smallest absolute Gasteiger partial charge is 0.417 e. The van der Waals surface area contributed by atoms with Crippen molar-refractivity contribution in [2.24, 2.45) is 5.92 Å². The summed E-state index contributed by atoms with van der Waals surface area (Å²) in [4.78, 5) is 48.0. The maximum atomic E-state index is 12.4. The monoisotopic (exact) mass is 495 g/mol. The molecule has 0 aromatic carbocycles. The summed E-state index contributed by atoms with van der Waals surface area (Å²) in [6.07, 6.45) is 6.97. The number of imidazole rings is 1. The molecule has 3 fully saturated rings. The summed E-state index contributed by atoms with van der Waals surface area (Å²) in [6.45, 7) is 12.7. The molecule has 5 rings (SSSR count). The largest absolute Gasteiger partial charge is 0.447 e. The van der Waals surface area contributed by atoms with Crippen molar-refractivity contribution >= 4 is 23.9 Å². The summed E-state index contributed by atoms with van der Waals surface area (Å²) in [5.74, 6) is 1.67. The van der Waals surface area contributed by atoms with E-state index < -0.39 is 6.09 Å². The summed E-state index contributed by atoms with van der Waals surface area (Å²) in [6, 6.07) is -0.0482. The standard InChI is InChI=1S/C24H33N9O3/c1-5-21(34)32-9-8-30(10-15(32)2)14-31-11-19(25-13-31)16(3)26-22-27-17(4)28-23(29-22)33-20(18-6-7-18)12-36-24(33)35/h5,11,13,15-16,18,20H,1,6-10,12,14H2,2-4H3,(H,26,27,28,29)/t15-,16-,20?/m0/s1. The molecule has 2 aromatic heterocycles. The molecule has 1 N–H and O–H groups in total. The van der Waals surface area contributed by atoms with Crippen LogP contribution in [-0.4, -0.2) is 84.6 Å². The third-order valence-electron chi connectivity index (χ3n) is 7.00. The molecule has 1 saturated carbocycles. The zero-order valence-electron chi connectivity index (χ0n) is 21.0. The van der Waals surface area contributed by atoms with E-state index in [1.807, 2.05) is 28.9 Å². The van der Waals surface area contributed by atoms with Gasteiger partial charge in [-0.05, 0) is 45.6 Å². The van der Waals surface area contributed by atoms with Crippen LogP contribution in [0, 0.1) is 12.8 Å². The van der Waals surface area contributed by atoms with Crippen LogP contribution in [0.2, 0.25) is 0 Å². The Balaban J connectivity index is 1.22. The molecule has 1 aliphatic carbocycles. The molecule has 192 valence electrons. The van der Waals surface area contributed by atoms with Crippen LogP contribution in [0.4, 0.5) is 16.7 Å². The Kier molecular flexibility index (Phi) is 6.61. The van der Waals surface area contributed by atoms with Crippen molar-refractivity contribution in [3.63, 3.8) is 0 Å². The number of nitrogens with zero attached hydrogens (tertiary/aromatic N) is 8. The van der Waals surface area contributed by atoms with E-state index in [2.05, 4.69) is 43.7 Å². The van der Waals surface area contributed by atoms with E-state index in [9.17, 15) is 9.59 Å². The molecule has 2 saturated heterocycles. The lowest BCUT2D eigenvalue weighted by molar-refractivity contribution is -0.130. The second-order valence-corrected chi connectivity index (χ2v) is 9.84. The number of ether oxygens (including phenoxy) is 1. The second kappa shape index (κ2) is 9.84. The Morgan fingerprint density at radius 2 is 2.11 bits per heavy atom. The molecular weight excluding hydrogens is 462 g/mol. The number of carbonyl (C=O) groups excluding carboxylic acids is 2. The van der Waals surface area contributed by atoms with Crippen LogP contribution in [0.5, 0.6) is 0 Å². The van der Waals surface area contributed by atoms with Gasteiger partial charge in [0, 0.05) is 31.9 Å². The number of cyclic esters (lactones) is 1. The van der Waals surface area contributed by atoms with Crippen molar-refractivity contribution < 1.29 is 14.3 Å². The molecule has 0 bridgehead atoms. The zero-order valence-corrected chi connectivity index (χ0v) is 21.0. The molecular formula is C24H33N9O3. The first-order valence-electron chi connectivity index (χ1n) is 12.4. The van der Waals surface area contributed by atoms with Gasteiger partial charge in [0.1, 0.15) is 12.4 Å². The molecule has 4 heterocycles. The van der Waals surface area contributed by atoms with E-state index in [0.29, 0.717) is 43.5 Å². The maximum Gasteiger partial charge on any atom is 0.417 e. The fraction of sp³-hybridized carbons (Fsp3) is 0.583. The summed E-state index contributed by atoms with van der Waals surface area (Å²) in [7, 11) is 0. The topological polar surface area (TPSA) is 122 Å². The molecule has 0 spiro atoms. The predicted molar refractivity (Wildman–Crippen MR) is 132 cm³/mol. The molecule has 1 unspecified atom stereocenters. The van der Waals surface area contributed by atoms with Crippen LogP contribution in [0.15, 0.2) is 25.2 Å². The van der Waals surface area contributed by atoms with E-state index >= 15 is 0 Å². The third kappa shape index (κ3) is 5.03. The normalized spacial score (nSPS) is 23.5. The van der Waals surface area contributed by atoms with Crippen LogP contribution in [0.1, 0.15) is 44.2 Å². The van der Waals surface area contributed by atoms with Gasteiger partial charge in [0.05, 0.1) is 30.8 Å². The summed E-state index contributed by atoms with van der Waals surface area (Å²) in [5, 5.41) is 3.30. The second-order valence-electron chi connectivity index (χ2n) is 9.84. The molecule has 3 atom stereocenters. The highest BCUT2D eigenvalue weighted by Gasteiger charge is 2.45. The van der Waals surface area contributed by atoms with Crippen LogP contribution in [0.3, 0.4) is 0 Å². The molecule has 2 aliphatic heterocycles. The zero-order chi connectivity index (χ0) is 25.4. The number of nitrogens with one attached hydrogen (secondary N) is 1. The Morgan fingerprint density at radius 1 is 1.31 bits per heavy atom. The minimum atomic E-state index is -0.403. The number of rotatable bonds is 8. The molecule has 2 aromatic rings. The lowest BCUT2D eigenvalue weighted by Gasteiger charge is -2.39. The van der Waals surface area contributed by atoms with Crippen molar-refractivity contribution in [3.05, 3.63) is 36.7 Å². The van der Waals surface area contributed by atoms with Crippen LogP contribution in [0.25, 0.3) is 0 Å². The molecule has 12 nitrogen and oxygen atoms in total. The van der Waals surface area contributed by atoms with Gasteiger partial charge in [0.15, 0.2) is 0 Å². The summed E-state index contributed by atoms with van der Waals surface area (Å²) >= 11 is 0. The van der Waals surface area contributed by atoms with E-state index in [0.717, 1.165) is 31.6 Å². The number of aromatic nitrogens is 5. The van der Waals surface area contributed by atoms with E-state index in [1.165, 1.54) is 6.08 Å². The molecule has 0 radical (unpaired) electrons. The SMILES string of the molecule is C=CC(=O)N1CCN(Cn2cnc([C@H](C)Nc3nc(C)nc(N4C(=O)OCC4C4CC4)n3)c2)C[C@@H]1C. The number of amides is 2. The number of carbonyl (C=O) groups is 2. The average molecular weight is 496 g/mol. The van der Waals surface area contributed by atoms with Crippen LogP contribution >= 0.6 is 0 Å². The van der Waals surface area contributed by atoms with Crippen LogP contribution in [-0.2, 0) is 16.2 Å². The Morgan fingerprint density at radius 3 is 2.83 bits per heavy atom. The highest BCUT2D eigenvalue weighted by Crippen LogP contribution is 2.39. The quantitative estimate of drug-likeness (QED) is 0.548. The summed E-state index contributed by atoms with van der Waals surface area (Å²) < 4.78 is 7.32. The Labute approximate surface area is 210 Å². The highest BCUT2D eigenvalue weighted by atomic mass is 16.6. The number of piperazine rings is 1. The number of aryl methyl sites for hydroxylation is 1. The lowest BCUT2D eigenvalue weighted by atomic mass is 10.2. The van der Waals surface area contributed by atoms with Crippen molar-refractivity contribution in [3.8, 4) is 0 Å². The average Bonchev–Trinajstić information content (AvgIpc) is 3.45. The summed E-state index contributed by atoms with van der Waals surface area (Å²) in [5.41, 5.74) is 0.847. The first kappa shape index (κ1) is 24.2. The van der Waals surface area contributed by atoms with E-state index in [4.69, 9.17) is 4.74 Å². The van der Waals surface area contributed by atoms with Gasteiger partial charge in [-0.2, -0.15) is 15.0 Å². The minimum Gasteiger partial charge on any atom is -0.447 e. The molecule has 2 amide bonds. The first-order chi connectivity index (χ1) is 17.3. The highest BCUT2D eigenvalue weighted by molar-refractivity contribution is 5.88. The molecule has 12 heteroatoms. The van der Waals surface area contributed by atoms with Gasteiger partial charge in [-0.1, -0.05) is 6.58 Å². The lowest BCUT2D eigenvalue weighted by Crippen LogP contribution is -2.53. The fourth-order valence-corrected chi connectivity index (χ4v) is 4.92. The van der Waals surface area contributed by atoms with Gasteiger partial charge in [-0.15, -0.1) is 0 Å². The number of anilines is 2. The molecule has 3 aliphatic rings. The van der Waals surface area contributed by atoms with Gasteiger partial charge in [-0.3, -0.25) is 9.69 Å². The Bertz CT molecular complexity index is 1150. The Hall–Kier alpha value is -3.54. The first-order valence-corrected chi connectivity index (χ1v) is 12.4. The number of hydrogen-bond acceptors (Lipinski definition) is 9. The van der Waals surface area contributed by atoms with Gasteiger partial charge in [0.2, 0.25) is 17.8 Å². The van der Waals surface area contributed by atoms with Crippen molar-refractivity contribution in [2.75, 3.05) is 36.5 Å². The van der Waals surface area contributed by atoms with Crippen molar-refractivity contribution in [1.29, 1.82) is 0 Å². The maximum absolute atomic E-state index is 12.4. The third-order valence-corrected chi connectivity index (χ3v) is 7.00. The minimum absolute atomic E-state index is 0.0141. The van der Waals surface area contributed by atoms with E-state index in [-0.39, 0.29) is 24.0 Å². The fourth-order valence-electron chi connectivity index (χ4n) is 4.92. The van der Waals surface area contributed by atoms with Gasteiger partial charge in [0.25, 0.3) is 0 Å². The van der Waals surface area contributed by atoms with E-state index in [1.54, 1.807) is 11.8 Å². The molecule has 36 heavy (non-hydrogen) atoms. The van der Waals surface area contributed by atoms with Gasteiger partial charge < -0.3 is 19.5 Å². The van der Waals surface area contributed by atoms with Crippen molar-refractivity contribution in [1.82, 2.24) is 34.3 Å².